The smallest absolute Gasteiger partial charge is 0.336 e. The maximum absolute atomic E-state index is 12.4. The number of fused-ring (bicyclic) bond motifs is 3. The third-order valence-corrected chi connectivity index (χ3v) is 5.77. The highest BCUT2D eigenvalue weighted by Gasteiger charge is 2.24. The maximum Gasteiger partial charge on any atom is 0.336 e. The molecule has 0 radical (unpaired) electrons. The van der Waals surface area contributed by atoms with Crippen molar-refractivity contribution in [3.05, 3.63) is 93.3 Å². The van der Waals surface area contributed by atoms with E-state index in [9.17, 15) is 4.79 Å². The van der Waals surface area contributed by atoms with Crippen LogP contribution in [0.4, 0.5) is 5.69 Å². The van der Waals surface area contributed by atoms with E-state index in [0.29, 0.717) is 23.9 Å². The van der Waals surface area contributed by atoms with Gasteiger partial charge in [-0.15, -0.1) is 0 Å². The minimum atomic E-state index is -0.374. The Morgan fingerprint density at radius 2 is 1.83 bits per heavy atom. The van der Waals surface area contributed by atoms with E-state index < -0.39 is 0 Å². The van der Waals surface area contributed by atoms with Crippen molar-refractivity contribution in [3.8, 4) is 16.9 Å². The molecule has 2 heterocycles. The molecule has 0 amide bonds. The van der Waals surface area contributed by atoms with Crippen LogP contribution in [-0.4, -0.2) is 6.73 Å². The topological polar surface area (TPSA) is 42.7 Å². The Hall–Kier alpha value is -3.24. The molecule has 1 aliphatic rings. The standard InChI is InChI=1S/C24H18ClNO3/c1-15-20(25)8-5-9-21(15)26-13-19-22(28-14-26)11-10-17-18(12-23(27)29-24(17)19)16-6-3-2-4-7-16/h2-12H,13-14H2,1H3. The Labute approximate surface area is 172 Å². The molecule has 0 saturated carbocycles. The van der Waals surface area contributed by atoms with E-state index >= 15 is 0 Å². The van der Waals surface area contributed by atoms with Gasteiger partial charge in [-0.05, 0) is 47.9 Å². The quantitative estimate of drug-likeness (QED) is 0.398. The largest absolute Gasteiger partial charge is 0.473 e. The van der Waals surface area contributed by atoms with E-state index in [1.165, 1.54) is 0 Å². The molecule has 5 rings (SSSR count). The monoisotopic (exact) mass is 403 g/mol. The number of rotatable bonds is 2. The molecule has 4 aromatic rings. The van der Waals surface area contributed by atoms with Crippen molar-refractivity contribution in [2.45, 2.75) is 13.5 Å². The predicted octanol–water partition coefficient (Wildman–Crippen LogP) is 5.78. The van der Waals surface area contributed by atoms with Crippen LogP contribution in [0.5, 0.6) is 5.75 Å². The number of ether oxygens (including phenoxy) is 1. The molecule has 0 saturated heterocycles. The van der Waals surface area contributed by atoms with E-state index in [2.05, 4.69) is 4.90 Å². The molecule has 144 valence electrons. The average Bonchev–Trinajstić information content (AvgIpc) is 2.75. The lowest BCUT2D eigenvalue weighted by atomic mass is 9.99. The van der Waals surface area contributed by atoms with Gasteiger partial charge in [0.25, 0.3) is 0 Å². The molecule has 5 heteroatoms. The van der Waals surface area contributed by atoms with E-state index in [1.54, 1.807) is 6.07 Å². The summed E-state index contributed by atoms with van der Waals surface area (Å²) in [6.45, 7) is 2.96. The van der Waals surface area contributed by atoms with Crippen LogP contribution in [0, 0.1) is 6.92 Å². The van der Waals surface area contributed by atoms with Crippen molar-refractivity contribution in [1.82, 2.24) is 0 Å². The Bertz CT molecular complexity index is 1280. The summed E-state index contributed by atoms with van der Waals surface area (Å²) >= 11 is 6.31. The molecular formula is C24H18ClNO3. The first-order valence-electron chi connectivity index (χ1n) is 9.40. The van der Waals surface area contributed by atoms with Gasteiger partial charge in [0.05, 0.1) is 12.1 Å². The molecule has 1 aliphatic heterocycles. The fraction of sp³-hybridized carbons (Fsp3) is 0.125. The van der Waals surface area contributed by atoms with Gasteiger partial charge in [-0.3, -0.25) is 0 Å². The van der Waals surface area contributed by atoms with Crippen molar-refractivity contribution in [2.75, 3.05) is 11.6 Å². The molecule has 0 atom stereocenters. The Kier molecular flexibility index (Phi) is 4.29. The van der Waals surface area contributed by atoms with Crippen molar-refractivity contribution in [1.29, 1.82) is 0 Å². The predicted molar refractivity (Wildman–Crippen MR) is 116 cm³/mol. The van der Waals surface area contributed by atoms with Gasteiger partial charge in [-0.2, -0.15) is 0 Å². The Morgan fingerprint density at radius 3 is 2.66 bits per heavy atom. The van der Waals surface area contributed by atoms with Crippen molar-refractivity contribution in [2.24, 2.45) is 0 Å². The Morgan fingerprint density at radius 1 is 1.00 bits per heavy atom. The van der Waals surface area contributed by atoms with Gasteiger partial charge in [-0.25, -0.2) is 4.79 Å². The van der Waals surface area contributed by atoms with E-state index in [0.717, 1.165) is 39.1 Å². The third kappa shape index (κ3) is 3.06. The van der Waals surface area contributed by atoms with Crippen LogP contribution in [-0.2, 0) is 6.54 Å². The van der Waals surface area contributed by atoms with Crippen LogP contribution < -0.4 is 15.3 Å². The minimum absolute atomic E-state index is 0.374. The van der Waals surface area contributed by atoms with Crippen molar-refractivity contribution >= 4 is 28.3 Å². The van der Waals surface area contributed by atoms with Gasteiger partial charge in [-0.1, -0.05) is 48.0 Å². The number of hydrogen-bond acceptors (Lipinski definition) is 4. The minimum Gasteiger partial charge on any atom is -0.473 e. The summed E-state index contributed by atoms with van der Waals surface area (Å²) in [6.07, 6.45) is 0. The molecule has 4 nitrogen and oxygen atoms in total. The van der Waals surface area contributed by atoms with Gasteiger partial charge < -0.3 is 14.1 Å². The average molecular weight is 404 g/mol. The molecule has 1 aromatic heterocycles. The fourth-order valence-corrected chi connectivity index (χ4v) is 4.05. The van der Waals surface area contributed by atoms with Gasteiger partial charge in [0.15, 0.2) is 6.73 Å². The molecule has 0 N–H and O–H groups in total. The first-order chi connectivity index (χ1) is 14.1. The summed E-state index contributed by atoms with van der Waals surface area (Å²) in [5.74, 6) is 0.738. The zero-order valence-electron chi connectivity index (χ0n) is 15.8. The number of hydrogen-bond donors (Lipinski definition) is 0. The molecule has 0 aliphatic carbocycles. The molecule has 29 heavy (non-hydrogen) atoms. The molecular weight excluding hydrogens is 386 g/mol. The van der Waals surface area contributed by atoms with Crippen LogP contribution in [0.15, 0.2) is 75.9 Å². The molecule has 0 fully saturated rings. The second kappa shape index (κ2) is 6.98. The van der Waals surface area contributed by atoms with E-state index in [1.807, 2.05) is 67.6 Å². The number of benzene rings is 3. The van der Waals surface area contributed by atoms with Gasteiger partial charge >= 0.3 is 5.63 Å². The summed E-state index contributed by atoms with van der Waals surface area (Å²) in [6, 6.07) is 21.1. The lowest BCUT2D eigenvalue weighted by molar-refractivity contribution is 0.289. The van der Waals surface area contributed by atoms with E-state index in [4.69, 9.17) is 20.8 Å². The first kappa shape index (κ1) is 17.8. The molecule has 0 bridgehead atoms. The summed E-state index contributed by atoms with van der Waals surface area (Å²) in [5.41, 5.74) is 4.89. The zero-order valence-corrected chi connectivity index (χ0v) is 16.6. The zero-order chi connectivity index (χ0) is 20.0. The van der Waals surface area contributed by atoms with Gasteiger partial charge in [0, 0.05) is 22.2 Å². The van der Waals surface area contributed by atoms with Gasteiger partial charge in [0.2, 0.25) is 0 Å². The maximum atomic E-state index is 12.4. The van der Waals surface area contributed by atoms with E-state index in [-0.39, 0.29) is 5.63 Å². The molecule has 0 unspecified atom stereocenters. The summed E-state index contributed by atoms with van der Waals surface area (Å²) in [4.78, 5) is 14.5. The number of nitrogens with zero attached hydrogens (tertiary/aromatic N) is 1. The second-order valence-corrected chi connectivity index (χ2v) is 7.53. The lowest BCUT2D eigenvalue weighted by Crippen LogP contribution is -2.32. The molecule has 3 aromatic carbocycles. The Balaban J connectivity index is 1.68. The summed E-state index contributed by atoms with van der Waals surface area (Å²) < 4.78 is 11.7. The van der Waals surface area contributed by atoms with Crippen LogP contribution >= 0.6 is 11.6 Å². The summed E-state index contributed by atoms with van der Waals surface area (Å²) in [7, 11) is 0. The van der Waals surface area contributed by atoms with Gasteiger partial charge in [0.1, 0.15) is 11.3 Å². The van der Waals surface area contributed by atoms with Crippen molar-refractivity contribution < 1.29 is 9.15 Å². The normalized spacial score (nSPS) is 13.2. The third-order valence-electron chi connectivity index (χ3n) is 5.36. The van der Waals surface area contributed by atoms with Crippen LogP contribution in [0.1, 0.15) is 11.1 Å². The lowest BCUT2D eigenvalue weighted by Gasteiger charge is -2.32. The van der Waals surface area contributed by atoms with Crippen LogP contribution in [0.2, 0.25) is 5.02 Å². The molecule has 0 spiro atoms. The highest BCUT2D eigenvalue weighted by molar-refractivity contribution is 6.31. The number of halogens is 1. The highest BCUT2D eigenvalue weighted by atomic mass is 35.5. The van der Waals surface area contributed by atoms with Crippen molar-refractivity contribution in [3.63, 3.8) is 0 Å². The second-order valence-electron chi connectivity index (χ2n) is 7.12. The fourth-order valence-electron chi connectivity index (χ4n) is 3.88. The SMILES string of the molecule is Cc1c(Cl)cccc1N1COc2ccc3c(-c4ccccc4)cc(=O)oc3c2C1. The summed E-state index contributed by atoms with van der Waals surface area (Å²) in [5, 5.41) is 1.60. The van der Waals surface area contributed by atoms with Crippen LogP contribution in [0.3, 0.4) is 0 Å². The highest BCUT2D eigenvalue weighted by Crippen LogP contribution is 2.38. The number of anilines is 1. The first-order valence-corrected chi connectivity index (χ1v) is 9.77. The van der Waals surface area contributed by atoms with Crippen LogP contribution in [0.25, 0.3) is 22.1 Å².